The van der Waals surface area contributed by atoms with Crippen LogP contribution in [0, 0.1) is 0 Å². The van der Waals surface area contributed by atoms with Gasteiger partial charge in [0.2, 0.25) is 0 Å². The second kappa shape index (κ2) is 3.57. The van der Waals surface area contributed by atoms with Crippen molar-refractivity contribution in [1.29, 1.82) is 0 Å². The van der Waals surface area contributed by atoms with E-state index < -0.39 is 0 Å². The predicted octanol–water partition coefficient (Wildman–Crippen LogP) is 1.26. The molecule has 0 radical (unpaired) electrons. The molecule has 0 bridgehead atoms. The summed E-state index contributed by atoms with van der Waals surface area (Å²) < 4.78 is 0. The molecule has 0 N–H and O–H groups in total. The first-order valence-corrected chi connectivity index (χ1v) is 4.80. The first-order valence-electron chi connectivity index (χ1n) is 3.17. The normalized spacial score (nSPS) is 12.4. The fourth-order valence-electron chi connectivity index (χ4n) is 0.609. The van der Waals surface area contributed by atoms with Gasteiger partial charge in [0, 0.05) is 10.2 Å². The summed E-state index contributed by atoms with van der Waals surface area (Å²) in [4.78, 5) is 0. The minimum absolute atomic E-state index is 0.642. The number of rotatable bonds is 3. The van der Waals surface area contributed by atoms with E-state index in [1.54, 1.807) is 0 Å². The van der Waals surface area contributed by atoms with Crippen LogP contribution in [-0.4, -0.2) is 16.0 Å². The van der Waals surface area contributed by atoms with Crippen molar-refractivity contribution in [3.63, 3.8) is 0 Å². The van der Waals surface area contributed by atoms with Crippen LogP contribution in [0.4, 0.5) is 0 Å². The third-order valence-corrected chi connectivity index (χ3v) is 1.90. The van der Waals surface area contributed by atoms with E-state index in [1.165, 1.54) is 23.1 Å². The van der Waals surface area contributed by atoms with Gasteiger partial charge in [0.1, 0.15) is 0 Å². The van der Waals surface area contributed by atoms with E-state index in [4.69, 9.17) is 0 Å². The Balaban J connectivity index is 3.11. The molecule has 0 spiro atoms. The van der Waals surface area contributed by atoms with Gasteiger partial charge in [-0.25, -0.2) is 0 Å². The summed E-state index contributed by atoms with van der Waals surface area (Å²) in [6, 6.07) is 0. The third kappa shape index (κ3) is 6.57. The lowest BCUT2D eigenvalue weighted by Gasteiger charge is -2.16. The summed E-state index contributed by atoms with van der Waals surface area (Å²) in [6.07, 6.45) is 2.63. The zero-order valence-corrected chi connectivity index (χ0v) is 8.96. The largest absolute Gasteiger partial charge is 0.179 e. The van der Waals surface area contributed by atoms with Crippen LogP contribution in [0.3, 0.4) is 0 Å². The van der Waals surface area contributed by atoms with E-state index in [0.717, 1.165) is 5.75 Å². The molecule has 0 rings (SSSR count). The maximum Gasteiger partial charge on any atom is 0.00994 e. The molecule has 0 fully saturated rings. The van der Waals surface area contributed by atoms with Gasteiger partial charge < -0.3 is 0 Å². The highest BCUT2D eigenvalue weighted by Crippen LogP contribution is 2.24. The standard InChI is InChI=1S/C6H16SSi/c1-6(2,8)4-3-5-7/h7H,3-5H2,1-2,8H3. The van der Waals surface area contributed by atoms with Gasteiger partial charge in [0.15, 0.2) is 0 Å². The van der Waals surface area contributed by atoms with Crippen molar-refractivity contribution in [3.8, 4) is 0 Å². The molecule has 0 aromatic rings. The number of hydrogen-bond acceptors (Lipinski definition) is 1. The summed E-state index contributed by atoms with van der Waals surface area (Å²) in [5, 5.41) is 0.642. The average molecular weight is 148 g/mol. The predicted molar refractivity (Wildman–Crippen MR) is 47.1 cm³/mol. The van der Waals surface area contributed by atoms with Crippen molar-refractivity contribution >= 4 is 22.9 Å². The van der Waals surface area contributed by atoms with Crippen LogP contribution >= 0.6 is 12.6 Å². The number of thiol groups is 1. The third-order valence-electron chi connectivity index (χ3n) is 1.08. The Morgan fingerprint density at radius 1 is 1.50 bits per heavy atom. The van der Waals surface area contributed by atoms with Gasteiger partial charge >= 0.3 is 0 Å². The summed E-state index contributed by atoms with van der Waals surface area (Å²) in [5.74, 6) is 1.05. The molecule has 0 heterocycles. The Labute approximate surface area is 60.9 Å². The molecule has 0 atom stereocenters. The van der Waals surface area contributed by atoms with Crippen molar-refractivity contribution in [2.24, 2.45) is 0 Å². The van der Waals surface area contributed by atoms with Gasteiger partial charge in [-0.2, -0.15) is 12.6 Å². The van der Waals surface area contributed by atoms with Gasteiger partial charge in [-0.1, -0.05) is 20.3 Å². The Kier molecular flexibility index (Phi) is 3.82. The minimum Gasteiger partial charge on any atom is -0.179 e. The monoisotopic (exact) mass is 148 g/mol. The van der Waals surface area contributed by atoms with E-state index in [0.29, 0.717) is 5.04 Å². The summed E-state index contributed by atoms with van der Waals surface area (Å²) in [6.45, 7) is 4.64. The summed E-state index contributed by atoms with van der Waals surface area (Å²) in [5.41, 5.74) is 0. The molecule has 2 heteroatoms. The molecule has 0 amide bonds. The Hall–Kier alpha value is 0.567. The Bertz CT molecular complexity index is 56.0. The number of hydrogen-bond donors (Lipinski definition) is 1. The Morgan fingerprint density at radius 3 is 2.12 bits per heavy atom. The van der Waals surface area contributed by atoms with E-state index in [2.05, 4.69) is 26.5 Å². The van der Waals surface area contributed by atoms with Gasteiger partial charge in [0.25, 0.3) is 0 Å². The maximum atomic E-state index is 4.15. The SMILES string of the molecule is CC(C)([SiH3])CCCS. The van der Waals surface area contributed by atoms with Crippen LogP contribution in [0.25, 0.3) is 0 Å². The molecule has 0 aliphatic carbocycles. The first kappa shape index (κ1) is 8.57. The molecular formula is C6H16SSi. The maximum absolute atomic E-state index is 4.15. The van der Waals surface area contributed by atoms with E-state index >= 15 is 0 Å². The van der Waals surface area contributed by atoms with E-state index in [1.807, 2.05) is 0 Å². The first-order chi connectivity index (χ1) is 3.56. The van der Waals surface area contributed by atoms with Crippen molar-refractivity contribution in [2.75, 3.05) is 5.75 Å². The van der Waals surface area contributed by atoms with E-state index in [9.17, 15) is 0 Å². The lowest BCUT2D eigenvalue weighted by molar-refractivity contribution is 0.604. The van der Waals surface area contributed by atoms with Crippen LogP contribution < -0.4 is 0 Å². The molecule has 50 valence electrons. The summed E-state index contributed by atoms with van der Waals surface area (Å²) in [7, 11) is 1.31. The molecule has 0 saturated heterocycles. The molecule has 0 nitrogen and oxygen atoms in total. The second-order valence-electron chi connectivity index (χ2n) is 3.39. The lowest BCUT2D eigenvalue weighted by atomic mass is 10.1. The molecule has 0 aliphatic heterocycles. The van der Waals surface area contributed by atoms with Crippen LogP contribution in [0.1, 0.15) is 26.7 Å². The highest BCUT2D eigenvalue weighted by molar-refractivity contribution is 7.80. The van der Waals surface area contributed by atoms with Crippen molar-refractivity contribution in [1.82, 2.24) is 0 Å². The van der Waals surface area contributed by atoms with Crippen molar-refractivity contribution in [3.05, 3.63) is 0 Å². The highest BCUT2D eigenvalue weighted by Gasteiger charge is 2.07. The topological polar surface area (TPSA) is 0 Å². The molecule has 0 saturated carbocycles. The molecule has 0 unspecified atom stereocenters. The smallest absolute Gasteiger partial charge is 0.00994 e. The fourth-order valence-corrected chi connectivity index (χ4v) is 1.12. The van der Waals surface area contributed by atoms with Crippen molar-refractivity contribution < 1.29 is 0 Å². The van der Waals surface area contributed by atoms with Gasteiger partial charge in [-0.3, -0.25) is 0 Å². The zero-order chi connectivity index (χ0) is 6.62. The molecule has 0 aromatic carbocycles. The zero-order valence-electron chi connectivity index (χ0n) is 6.07. The van der Waals surface area contributed by atoms with Crippen LogP contribution in [-0.2, 0) is 0 Å². The highest BCUT2D eigenvalue weighted by atomic mass is 32.1. The van der Waals surface area contributed by atoms with Gasteiger partial charge in [0.05, 0.1) is 0 Å². The minimum atomic E-state index is 0.642. The molecule has 8 heavy (non-hydrogen) atoms. The quantitative estimate of drug-likeness (QED) is 0.452. The lowest BCUT2D eigenvalue weighted by Crippen LogP contribution is -2.01. The summed E-state index contributed by atoms with van der Waals surface area (Å²) >= 11 is 4.15. The molecular weight excluding hydrogens is 132 g/mol. The van der Waals surface area contributed by atoms with Crippen LogP contribution in [0.5, 0.6) is 0 Å². The van der Waals surface area contributed by atoms with Crippen molar-refractivity contribution in [2.45, 2.75) is 31.7 Å². The van der Waals surface area contributed by atoms with Gasteiger partial charge in [-0.05, 0) is 17.2 Å². The second-order valence-corrected chi connectivity index (χ2v) is 6.54. The van der Waals surface area contributed by atoms with E-state index in [-0.39, 0.29) is 0 Å². The van der Waals surface area contributed by atoms with Crippen LogP contribution in [0.2, 0.25) is 5.04 Å². The Morgan fingerprint density at radius 2 is 2.00 bits per heavy atom. The molecule has 0 aromatic heterocycles. The fraction of sp³-hybridized carbons (Fsp3) is 1.00. The van der Waals surface area contributed by atoms with Gasteiger partial charge in [-0.15, -0.1) is 0 Å². The van der Waals surface area contributed by atoms with Crippen LogP contribution in [0.15, 0.2) is 0 Å². The molecule has 0 aliphatic rings. The average Bonchev–Trinajstić information content (AvgIpc) is 1.59.